The first-order valence-electron chi connectivity index (χ1n) is 8.22. The third kappa shape index (κ3) is 6.09. The number of nitrogens with two attached hydrogens (primary N) is 1. The minimum atomic E-state index is -3.86. The van der Waals surface area contributed by atoms with Gasteiger partial charge in [0.05, 0.1) is 14.2 Å². The fourth-order valence-corrected chi connectivity index (χ4v) is 3.20. The van der Waals surface area contributed by atoms with Gasteiger partial charge in [0.25, 0.3) is 0 Å². The van der Waals surface area contributed by atoms with Crippen molar-refractivity contribution in [3.05, 3.63) is 47.8 Å². The fraction of sp³-hybridized carbons (Fsp3) is 0.333. The Labute approximate surface area is 158 Å². The molecule has 0 aliphatic heterocycles. The Morgan fingerprint density at radius 1 is 1.00 bits per heavy atom. The molecule has 0 aliphatic rings. The van der Waals surface area contributed by atoms with Gasteiger partial charge < -0.3 is 19.5 Å². The van der Waals surface area contributed by atoms with Crippen LogP contribution in [-0.2, 0) is 16.4 Å². The van der Waals surface area contributed by atoms with Gasteiger partial charge in [-0.25, -0.2) is 17.9 Å². The van der Waals surface area contributed by atoms with Crippen molar-refractivity contribution in [3.63, 3.8) is 0 Å². The molecule has 0 aromatic heterocycles. The number of sulfonamides is 1. The summed E-state index contributed by atoms with van der Waals surface area (Å²) >= 11 is 0. The van der Waals surface area contributed by atoms with E-state index in [9.17, 15) is 12.8 Å². The highest BCUT2D eigenvalue weighted by molar-refractivity contribution is 7.89. The third-order valence-electron chi connectivity index (χ3n) is 3.79. The van der Waals surface area contributed by atoms with Crippen molar-refractivity contribution in [2.45, 2.75) is 11.3 Å². The van der Waals surface area contributed by atoms with Crippen LogP contribution in [-0.4, -0.2) is 42.3 Å². The molecule has 27 heavy (non-hydrogen) atoms. The van der Waals surface area contributed by atoms with Gasteiger partial charge in [-0.05, 0) is 42.8 Å². The van der Waals surface area contributed by atoms with E-state index in [1.165, 1.54) is 38.5 Å². The standard InChI is InChI=1S/C18H23FN2O5S/c1-24-15-6-4-14(19)12-17(15)26-10-9-21-8-7-13-3-5-16(25-2)18(11-13)27(20,22)23/h3-6,11-12,21H,7-10H2,1-2H3,(H2,20,22,23). The summed E-state index contributed by atoms with van der Waals surface area (Å²) in [4.78, 5) is -0.0379. The Bertz CT molecular complexity index is 874. The molecule has 9 heteroatoms. The summed E-state index contributed by atoms with van der Waals surface area (Å²) in [7, 11) is -0.979. The minimum absolute atomic E-state index is 0.0379. The molecule has 0 atom stereocenters. The van der Waals surface area contributed by atoms with E-state index in [2.05, 4.69) is 5.32 Å². The van der Waals surface area contributed by atoms with Gasteiger partial charge in [0, 0.05) is 12.6 Å². The molecular weight excluding hydrogens is 375 g/mol. The van der Waals surface area contributed by atoms with Gasteiger partial charge in [-0.15, -0.1) is 0 Å². The molecule has 148 valence electrons. The first kappa shape index (κ1) is 20.9. The van der Waals surface area contributed by atoms with Crippen LogP contribution in [0.4, 0.5) is 4.39 Å². The largest absolute Gasteiger partial charge is 0.495 e. The lowest BCUT2D eigenvalue weighted by Crippen LogP contribution is -2.23. The summed E-state index contributed by atoms with van der Waals surface area (Å²) in [6.07, 6.45) is 0.593. The van der Waals surface area contributed by atoms with Crippen LogP contribution in [0.1, 0.15) is 5.56 Å². The number of hydrogen-bond donors (Lipinski definition) is 2. The van der Waals surface area contributed by atoms with Crippen LogP contribution < -0.4 is 24.7 Å². The van der Waals surface area contributed by atoms with E-state index in [1.54, 1.807) is 12.1 Å². The SMILES string of the molecule is COc1ccc(F)cc1OCCNCCc1ccc(OC)c(S(N)(=O)=O)c1. The maximum Gasteiger partial charge on any atom is 0.241 e. The monoisotopic (exact) mass is 398 g/mol. The number of hydrogen-bond acceptors (Lipinski definition) is 6. The summed E-state index contributed by atoms with van der Waals surface area (Å²) in [5.41, 5.74) is 0.806. The van der Waals surface area contributed by atoms with E-state index in [1.807, 2.05) is 0 Å². The van der Waals surface area contributed by atoms with Crippen molar-refractivity contribution in [2.24, 2.45) is 5.14 Å². The molecule has 0 spiro atoms. The molecule has 2 rings (SSSR count). The molecule has 2 aromatic rings. The Morgan fingerprint density at radius 2 is 1.70 bits per heavy atom. The summed E-state index contributed by atoms with van der Waals surface area (Å²) in [5.74, 6) is 0.618. The van der Waals surface area contributed by atoms with Crippen molar-refractivity contribution in [3.8, 4) is 17.2 Å². The van der Waals surface area contributed by atoms with E-state index in [0.29, 0.717) is 37.6 Å². The number of rotatable bonds is 10. The molecule has 0 fully saturated rings. The Hall–Kier alpha value is -2.36. The summed E-state index contributed by atoms with van der Waals surface area (Å²) in [6, 6.07) is 8.94. The molecule has 0 saturated heterocycles. The molecule has 0 amide bonds. The average molecular weight is 398 g/mol. The zero-order chi connectivity index (χ0) is 19.9. The maximum absolute atomic E-state index is 13.3. The Morgan fingerprint density at radius 3 is 2.37 bits per heavy atom. The van der Waals surface area contributed by atoms with Gasteiger partial charge in [-0.2, -0.15) is 0 Å². The van der Waals surface area contributed by atoms with Crippen LogP contribution in [0, 0.1) is 5.82 Å². The topological polar surface area (TPSA) is 99.9 Å². The first-order chi connectivity index (χ1) is 12.8. The van der Waals surface area contributed by atoms with Gasteiger partial charge in [0.2, 0.25) is 10.0 Å². The molecule has 0 saturated carbocycles. The van der Waals surface area contributed by atoms with Crippen LogP contribution in [0.2, 0.25) is 0 Å². The van der Waals surface area contributed by atoms with Gasteiger partial charge in [0.15, 0.2) is 11.5 Å². The second-order valence-corrected chi connectivity index (χ2v) is 7.20. The van der Waals surface area contributed by atoms with Crippen molar-refractivity contribution in [1.82, 2.24) is 5.32 Å². The normalized spacial score (nSPS) is 11.3. The number of nitrogens with one attached hydrogen (secondary N) is 1. The second-order valence-electron chi connectivity index (χ2n) is 5.67. The lowest BCUT2D eigenvalue weighted by atomic mass is 10.1. The molecule has 0 heterocycles. The van der Waals surface area contributed by atoms with E-state index < -0.39 is 15.8 Å². The lowest BCUT2D eigenvalue weighted by Gasteiger charge is -2.12. The highest BCUT2D eigenvalue weighted by atomic mass is 32.2. The number of benzene rings is 2. The molecule has 2 aromatic carbocycles. The Kier molecular flexibility index (Phi) is 7.40. The van der Waals surface area contributed by atoms with E-state index in [4.69, 9.17) is 19.3 Å². The predicted octanol–water partition coefficient (Wildman–Crippen LogP) is 1.70. The average Bonchev–Trinajstić information content (AvgIpc) is 2.63. The molecule has 0 bridgehead atoms. The number of primary sulfonamides is 1. The number of ether oxygens (including phenoxy) is 3. The second kappa shape index (κ2) is 9.54. The highest BCUT2D eigenvalue weighted by Crippen LogP contribution is 2.27. The quantitative estimate of drug-likeness (QED) is 0.591. The molecule has 0 aliphatic carbocycles. The van der Waals surface area contributed by atoms with Crippen molar-refractivity contribution >= 4 is 10.0 Å². The number of halogens is 1. The van der Waals surface area contributed by atoms with Crippen LogP contribution in [0.25, 0.3) is 0 Å². The molecule has 3 N–H and O–H groups in total. The first-order valence-corrected chi connectivity index (χ1v) is 9.76. The summed E-state index contributed by atoms with van der Waals surface area (Å²) < 4.78 is 52.2. The van der Waals surface area contributed by atoms with E-state index in [0.717, 1.165) is 5.56 Å². The predicted molar refractivity (Wildman–Crippen MR) is 99.4 cm³/mol. The number of methoxy groups -OCH3 is 2. The zero-order valence-corrected chi connectivity index (χ0v) is 16.0. The summed E-state index contributed by atoms with van der Waals surface area (Å²) in [6.45, 7) is 1.45. The zero-order valence-electron chi connectivity index (χ0n) is 15.2. The van der Waals surface area contributed by atoms with Crippen LogP contribution >= 0.6 is 0 Å². The molecule has 0 radical (unpaired) electrons. The van der Waals surface area contributed by atoms with Crippen molar-refractivity contribution in [2.75, 3.05) is 33.9 Å². The lowest BCUT2D eigenvalue weighted by molar-refractivity contribution is 0.291. The van der Waals surface area contributed by atoms with Crippen LogP contribution in [0.3, 0.4) is 0 Å². The minimum Gasteiger partial charge on any atom is -0.495 e. The van der Waals surface area contributed by atoms with E-state index >= 15 is 0 Å². The van der Waals surface area contributed by atoms with Gasteiger partial charge in [0.1, 0.15) is 23.1 Å². The smallest absolute Gasteiger partial charge is 0.241 e. The van der Waals surface area contributed by atoms with Gasteiger partial charge >= 0.3 is 0 Å². The molecular formula is C18H23FN2O5S. The fourth-order valence-electron chi connectivity index (χ4n) is 2.45. The van der Waals surface area contributed by atoms with Gasteiger partial charge in [-0.3, -0.25) is 0 Å². The molecule has 7 nitrogen and oxygen atoms in total. The van der Waals surface area contributed by atoms with Crippen molar-refractivity contribution < 1.29 is 27.0 Å². The molecule has 0 unspecified atom stereocenters. The maximum atomic E-state index is 13.3. The highest BCUT2D eigenvalue weighted by Gasteiger charge is 2.15. The van der Waals surface area contributed by atoms with Crippen LogP contribution in [0.15, 0.2) is 41.3 Å². The Balaban J connectivity index is 1.82. The van der Waals surface area contributed by atoms with Crippen LogP contribution in [0.5, 0.6) is 17.2 Å². The van der Waals surface area contributed by atoms with Gasteiger partial charge in [-0.1, -0.05) is 6.07 Å². The summed E-state index contributed by atoms with van der Waals surface area (Å²) in [5, 5.41) is 8.38. The van der Waals surface area contributed by atoms with E-state index in [-0.39, 0.29) is 10.6 Å². The van der Waals surface area contributed by atoms with Crippen molar-refractivity contribution in [1.29, 1.82) is 0 Å². The third-order valence-corrected chi connectivity index (χ3v) is 4.72.